The van der Waals surface area contributed by atoms with Crippen molar-refractivity contribution >= 4 is 33.3 Å². The molecular weight excluding hydrogens is 268 g/mol. The standard InChI is InChI=1S/C15H22N4S/c1-15(2)6-4-8-19(9-7-15)12-11-5-10-20-13(11)18-14(16-3)17-12/h5,10H,4,6-9H2,1-3H3,(H,16,17,18). The van der Waals surface area contributed by atoms with Crippen LogP contribution in [0.15, 0.2) is 11.4 Å². The second kappa shape index (κ2) is 5.20. The Morgan fingerprint density at radius 3 is 2.90 bits per heavy atom. The molecule has 20 heavy (non-hydrogen) atoms. The van der Waals surface area contributed by atoms with E-state index in [1.165, 1.54) is 24.6 Å². The molecule has 3 heterocycles. The topological polar surface area (TPSA) is 41.1 Å². The predicted molar refractivity (Wildman–Crippen MR) is 86.8 cm³/mol. The molecule has 0 unspecified atom stereocenters. The Morgan fingerprint density at radius 1 is 1.25 bits per heavy atom. The minimum absolute atomic E-state index is 0.446. The van der Waals surface area contributed by atoms with Crippen LogP contribution in [0.4, 0.5) is 11.8 Å². The molecule has 0 aromatic carbocycles. The van der Waals surface area contributed by atoms with Crippen molar-refractivity contribution in [3.63, 3.8) is 0 Å². The molecule has 0 bridgehead atoms. The Morgan fingerprint density at radius 2 is 2.10 bits per heavy atom. The van der Waals surface area contributed by atoms with E-state index in [9.17, 15) is 0 Å². The van der Waals surface area contributed by atoms with Crippen LogP contribution in [0.3, 0.4) is 0 Å². The van der Waals surface area contributed by atoms with Gasteiger partial charge in [-0.3, -0.25) is 0 Å². The first-order valence-electron chi connectivity index (χ1n) is 7.27. The van der Waals surface area contributed by atoms with E-state index in [2.05, 4.69) is 40.5 Å². The number of anilines is 2. The fraction of sp³-hybridized carbons (Fsp3) is 0.600. The molecule has 1 fully saturated rings. The van der Waals surface area contributed by atoms with E-state index in [0.717, 1.165) is 29.7 Å². The second-order valence-corrected chi connectivity index (χ2v) is 7.16. The molecule has 4 nitrogen and oxygen atoms in total. The Bertz CT molecular complexity index is 605. The number of aromatic nitrogens is 2. The highest BCUT2D eigenvalue weighted by Gasteiger charge is 2.25. The van der Waals surface area contributed by atoms with Gasteiger partial charge >= 0.3 is 0 Å². The molecule has 0 atom stereocenters. The fourth-order valence-corrected chi connectivity index (χ4v) is 3.59. The fourth-order valence-electron chi connectivity index (χ4n) is 2.83. The minimum Gasteiger partial charge on any atom is -0.357 e. The molecule has 2 aromatic heterocycles. The zero-order valence-corrected chi connectivity index (χ0v) is 13.3. The first-order valence-corrected chi connectivity index (χ1v) is 8.15. The van der Waals surface area contributed by atoms with E-state index in [1.807, 2.05) is 7.05 Å². The third-order valence-electron chi connectivity index (χ3n) is 4.17. The average molecular weight is 290 g/mol. The lowest BCUT2D eigenvalue weighted by molar-refractivity contribution is 0.325. The molecule has 0 saturated carbocycles. The molecule has 1 aliphatic heterocycles. The third-order valence-corrected chi connectivity index (χ3v) is 4.97. The van der Waals surface area contributed by atoms with Gasteiger partial charge in [0.05, 0.1) is 5.39 Å². The maximum atomic E-state index is 4.72. The lowest BCUT2D eigenvalue weighted by Crippen LogP contribution is -2.26. The zero-order chi connectivity index (χ0) is 14.2. The van der Waals surface area contributed by atoms with E-state index in [1.54, 1.807) is 11.3 Å². The van der Waals surface area contributed by atoms with E-state index in [-0.39, 0.29) is 0 Å². The average Bonchev–Trinajstić information content (AvgIpc) is 2.82. The van der Waals surface area contributed by atoms with Crippen LogP contribution in [-0.2, 0) is 0 Å². The molecule has 2 aromatic rings. The quantitative estimate of drug-likeness (QED) is 0.914. The van der Waals surface area contributed by atoms with Crippen molar-refractivity contribution in [2.24, 2.45) is 5.41 Å². The van der Waals surface area contributed by atoms with Crippen LogP contribution in [0.5, 0.6) is 0 Å². The van der Waals surface area contributed by atoms with Crippen LogP contribution in [0.25, 0.3) is 10.2 Å². The van der Waals surface area contributed by atoms with Crippen molar-refractivity contribution in [2.75, 3.05) is 30.4 Å². The van der Waals surface area contributed by atoms with Crippen LogP contribution < -0.4 is 10.2 Å². The number of rotatable bonds is 2. The van der Waals surface area contributed by atoms with Gasteiger partial charge in [-0.15, -0.1) is 11.3 Å². The predicted octanol–water partition coefficient (Wildman–Crippen LogP) is 3.75. The first-order chi connectivity index (χ1) is 9.59. The van der Waals surface area contributed by atoms with Gasteiger partial charge in [0.15, 0.2) is 0 Å². The summed E-state index contributed by atoms with van der Waals surface area (Å²) in [5.41, 5.74) is 0.446. The third kappa shape index (κ3) is 2.59. The Kier molecular flexibility index (Phi) is 3.54. The van der Waals surface area contributed by atoms with E-state index in [4.69, 9.17) is 4.98 Å². The number of hydrogen-bond acceptors (Lipinski definition) is 5. The van der Waals surface area contributed by atoms with E-state index >= 15 is 0 Å². The molecule has 108 valence electrons. The highest BCUT2D eigenvalue weighted by molar-refractivity contribution is 7.16. The summed E-state index contributed by atoms with van der Waals surface area (Å²) in [6.45, 7) is 6.91. The Labute approximate surface area is 124 Å². The van der Waals surface area contributed by atoms with Crippen molar-refractivity contribution in [2.45, 2.75) is 33.1 Å². The van der Waals surface area contributed by atoms with E-state index in [0.29, 0.717) is 5.41 Å². The molecule has 0 spiro atoms. The summed E-state index contributed by atoms with van der Waals surface area (Å²) in [5, 5.41) is 6.37. The van der Waals surface area contributed by atoms with E-state index < -0.39 is 0 Å². The largest absolute Gasteiger partial charge is 0.357 e. The number of fused-ring (bicyclic) bond motifs is 1. The molecule has 1 saturated heterocycles. The zero-order valence-electron chi connectivity index (χ0n) is 12.4. The summed E-state index contributed by atoms with van der Waals surface area (Å²) in [7, 11) is 1.88. The van der Waals surface area contributed by atoms with Gasteiger partial charge in [-0.2, -0.15) is 4.98 Å². The number of nitrogens with zero attached hydrogens (tertiary/aromatic N) is 3. The van der Waals surface area contributed by atoms with Gasteiger partial charge in [-0.05, 0) is 36.1 Å². The number of nitrogens with one attached hydrogen (secondary N) is 1. The van der Waals surface area contributed by atoms with Crippen LogP contribution in [0, 0.1) is 5.41 Å². The van der Waals surface area contributed by atoms with Gasteiger partial charge in [0.25, 0.3) is 0 Å². The minimum atomic E-state index is 0.446. The molecule has 1 N–H and O–H groups in total. The summed E-state index contributed by atoms with van der Waals surface area (Å²) in [5.74, 6) is 1.82. The normalized spacial score (nSPS) is 19.1. The van der Waals surface area contributed by atoms with Gasteiger partial charge in [0, 0.05) is 20.1 Å². The smallest absolute Gasteiger partial charge is 0.225 e. The molecule has 0 aliphatic carbocycles. The Balaban J connectivity index is 1.98. The molecule has 0 radical (unpaired) electrons. The van der Waals surface area contributed by atoms with Crippen LogP contribution in [0.1, 0.15) is 33.1 Å². The lowest BCUT2D eigenvalue weighted by Gasteiger charge is -2.24. The van der Waals surface area contributed by atoms with Crippen LogP contribution in [0.2, 0.25) is 0 Å². The van der Waals surface area contributed by atoms with Crippen molar-refractivity contribution in [3.8, 4) is 0 Å². The summed E-state index contributed by atoms with van der Waals surface area (Å²) in [6.07, 6.45) is 3.75. The van der Waals surface area contributed by atoms with Gasteiger partial charge in [-0.1, -0.05) is 13.8 Å². The number of thiophene rings is 1. The maximum Gasteiger partial charge on any atom is 0.225 e. The van der Waals surface area contributed by atoms with Gasteiger partial charge in [0.1, 0.15) is 10.6 Å². The molecular formula is C15H22N4S. The lowest BCUT2D eigenvalue weighted by atomic mass is 9.85. The molecule has 0 amide bonds. The van der Waals surface area contributed by atoms with Gasteiger partial charge in [0.2, 0.25) is 5.95 Å². The van der Waals surface area contributed by atoms with Crippen LogP contribution in [-0.4, -0.2) is 30.1 Å². The van der Waals surface area contributed by atoms with Gasteiger partial charge in [-0.25, -0.2) is 4.98 Å². The van der Waals surface area contributed by atoms with Crippen molar-refractivity contribution < 1.29 is 0 Å². The van der Waals surface area contributed by atoms with Crippen molar-refractivity contribution in [1.82, 2.24) is 9.97 Å². The molecule has 5 heteroatoms. The maximum absolute atomic E-state index is 4.72. The molecule has 1 aliphatic rings. The van der Waals surface area contributed by atoms with Crippen LogP contribution >= 0.6 is 11.3 Å². The highest BCUT2D eigenvalue weighted by atomic mass is 32.1. The van der Waals surface area contributed by atoms with Crippen molar-refractivity contribution in [3.05, 3.63) is 11.4 Å². The van der Waals surface area contributed by atoms with Crippen molar-refractivity contribution in [1.29, 1.82) is 0 Å². The summed E-state index contributed by atoms with van der Waals surface area (Å²) in [6, 6.07) is 2.14. The number of hydrogen-bond donors (Lipinski definition) is 1. The Hall–Kier alpha value is -1.36. The molecule has 3 rings (SSSR count). The highest BCUT2D eigenvalue weighted by Crippen LogP contribution is 2.34. The van der Waals surface area contributed by atoms with Gasteiger partial charge < -0.3 is 10.2 Å². The first kappa shape index (κ1) is 13.6. The summed E-state index contributed by atoms with van der Waals surface area (Å²) < 4.78 is 0. The monoisotopic (exact) mass is 290 g/mol. The SMILES string of the molecule is CNc1nc(N2CCCC(C)(C)CC2)c2ccsc2n1. The summed E-state index contributed by atoms with van der Waals surface area (Å²) in [4.78, 5) is 12.8. The summed E-state index contributed by atoms with van der Waals surface area (Å²) >= 11 is 1.68. The second-order valence-electron chi connectivity index (χ2n) is 6.27.